The Balaban J connectivity index is 1.77. The number of rotatable bonds is 3. The Bertz CT molecular complexity index is 601. The first-order valence-corrected chi connectivity index (χ1v) is 7.29. The van der Waals surface area contributed by atoms with Gasteiger partial charge in [0.25, 0.3) is 0 Å². The number of tetrazole rings is 1. The van der Waals surface area contributed by atoms with Crippen LogP contribution in [0.4, 0.5) is 0 Å². The Kier molecular flexibility index (Phi) is 3.77. The minimum atomic E-state index is 0.0553. The monoisotopic (exact) mass is 335 g/mol. The van der Waals surface area contributed by atoms with Crippen LogP contribution in [0.2, 0.25) is 0 Å². The molecule has 1 amide bonds. The van der Waals surface area contributed by atoms with E-state index in [0.29, 0.717) is 0 Å². The largest absolute Gasteiger partial charge is 0.334 e. The van der Waals surface area contributed by atoms with Crippen molar-refractivity contribution in [1.82, 2.24) is 25.1 Å². The summed E-state index contributed by atoms with van der Waals surface area (Å²) in [6.45, 7) is 0.982. The normalized spacial score (nSPS) is 18.4. The number of halogens is 1. The number of hydrogen-bond donors (Lipinski definition) is 0. The van der Waals surface area contributed by atoms with Crippen molar-refractivity contribution in [2.75, 3.05) is 6.54 Å². The molecule has 1 fully saturated rings. The van der Waals surface area contributed by atoms with Crippen LogP contribution in [0, 0.1) is 0 Å². The molecule has 0 bridgehead atoms. The van der Waals surface area contributed by atoms with Crippen LogP contribution in [0.3, 0.4) is 0 Å². The zero-order chi connectivity index (χ0) is 13.9. The van der Waals surface area contributed by atoms with Crippen LogP contribution in [-0.4, -0.2) is 37.6 Å². The highest BCUT2D eigenvalue weighted by Gasteiger charge is 2.30. The molecule has 0 aliphatic carbocycles. The molecule has 1 aliphatic rings. The quantitative estimate of drug-likeness (QED) is 0.857. The maximum absolute atomic E-state index is 12.4. The average Bonchev–Trinajstić information content (AvgIpc) is 3.09. The summed E-state index contributed by atoms with van der Waals surface area (Å²) in [5.74, 6) is 0.0553. The van der Waals surface area contributed by atoms with Crippen molar-refractivity contribution >= 4 is 21.8 Å². The number of likely N-dealkylation sites (tertiary alicyclic amines) is 1. The Hall–Kier alpha value is -1.76. The highest BCUT2D eigenvalue weighted by molar-refractivity contribution is 9.10. The summed E-state index contributed by atoms with van der Waals surface area (Å²) in [5, 5.41) is 10.8. The van der Waals surface area contributed by atoms with Crippen molar-refractivity contribution in [3.05, 3.63) is 40.6 Å². The third-order valence-corrected chi connectivity index (χ3v) is 3.99. The Morgan fingerprint density at radius 2 is 2.35 bits per heavy atom. The molecule has 0 radical (unpaired) electrons. The van der Waals surface area contributed by atoms with E-state index in [4.69, 9.17) is 0 Å². The van der Waals surface area contributed by atoms with Crippen LogP contribution in [-0.2, 0) is 11.3 Å². The fourth-order valence-corrected chi connectivity index (χ4v) is 3.02. The summed E-state index contributed by atoms with van der Waals surface area (Å²) < 4.78 is 2.49. The second-order valence-electron chi connectivity index (χ2n) is 4.81. The van der Waals surface area contributed by atoms with E-state index in [0.717, 1.165) is 23.9 Å². The summed E-state index contributed by atoms with van der Waals surface area (Å²) in [6, 6.07) is 8.29. The molecule has 104 valence electrons. The number of hydrogen-bond acceptors (Lipinski definition) is 4. The fraction of sp³-hybridized carbons (Fsp3) is 0.385. The molecule has 3 rings (SSSR count). The molecule has 7 heteroatoms. The van der Waals surface area contributed by atoms with Crippen molar-refractivity contribution in [3.8, 4) is 0 Å². The minimum absolute atomic E-state index is 0.0553. The van der Waals surface area contributed by atoms with Gasteiger partial charge in [-0.25, -0.2) is 4.68 Å². The summed E-state index contributed by atoms with van der Waals surface area (Å²) in [5.41, 5.74) is 1.17. The number of amides is 1. The lowest BCUT2D eigenvalue weighted by atomic mass is 10.0. The lowest BCUT2D eigenvalue weighted by Gasteiger charge is -2.25. The van der Waals surface area contributed by atoms with E-state index in [1.54, 1.807) is 0 Å². The third-order valence-electron chi connectivity index (χ3n) is 3.50. The molecule has 1 unspecified atom stereocenters. The maximum atomic E-state index is 12.4. The molecule has 1 saturated heterocycles. The van der Waals surface area contributed by atoms with Crippen molar-refractivity contribution < 1.29 is 4.79 Å². The van der Waals surface area contributed by atoms with E-state index in [2.05, 4.69) is 43.6 Å². The van der Waals surface area contributed by atoms with E-state index >= 15 is 0 Å². The van der Waals surface area contributed by atoms with Gasteiger partial charge in [0.15, 0.2) is 0 Å². The molecule has 1 aliphatic heterocycles. The lowest BCUT2D eigenvalue weighted by molar-refractivity contribution is -0.133. The molecule has 1 atom stereocenters. The van der Waals surface area contributed by atoms with Gasteiger partial charge in [-0.1, -0.05) is 28.1 Å². The summed E-state index contributed by atoms with van der Waals surface area (Å²) >= 11 is 3.48. The second-order valence-corrected chi connectivity index (χ2v) is 5.72. The highest BCUT2D eigenvalue weighted by atomic mass is 79.9. The standard InChI is InChI=1S/C13H14BrN5O/c14-11-4-1-3-10(7-11)12-5-2-6-19(12)13(20)8-18-9-15-16-17-18/h1,3-4,7,9,12H,2,5-6,8H2. The first-order chi connectivity index (χ1) is 9.74. The van der Waals surface area contributed by atoms with Crippen LogP contribution in [0.15, 0.2) is 35.1 Å². The minimum Gasteiger partial charge on any atom is -0.334 e. The average molecular weight is 336 g/mol. The van der Waals surface area contributed by atoms with Gasteiger partial charge in [-0.15, -0.1) is 5.10 Å². The smallest absolute Gasteiger partial charge is 0.244 e. The number of benzene rings is 1. The number of aromatic nitrogens is 4. The van der Waals surface area contributed by atoms with Crippen molar-refractivity contribution in [2.45, 2.75) is 25.4 Å². The number of nitrogens with zero attached hydrogens (tertiary/aromatic N) is 5. The van der Waals surface area contributed by atoms with E-state index in [1.165, 1.54) is 16.6 Å². The van der Waals surface area contributed by atoms with Crippen LogP contribution in [0.25, 0.3) is 0 Å². The SMILES string of the molecule is O=C(Cn1cnnn1)N1CCCC1c1cccc(Br)c1. The maximum Gasteiger partial charge on any atom is 0.244 e. The number of carbonyl (C=O) groups is 1. The zero-order valence-corrected chi connectivity index (χ0v) is 12.4. The van der Waals surface area contributed by atoms with Crippen LogP contribution in [0.1, 0.15) is 24.4 Å². The van der Waals surface area contributed by atoms with Crippen LogP contribution < -0.4 is 0 Å². The molecule has 20 heavy (non-hydrogen) atoms. The first-order valence-electron chi connectivity index (χ1n) is 6.50. The summed E-state index contributed by atoms with van der Waals surface area (Å²) in [6.07, 6.45) is 3.48. The molecule has 2 aromatic rings. The van der Waals surface area contributed by atoms with Gasteiger partial charge in [-0.2, -0.15) is 0 Å². The van der Waals surface area contributed by atoms with Gasteiger partial charge in [-0.05, 0) is 41.0 Å². The van der Waals surface area contributed by atoms with Crippen molar-refractivity contribution in [1.29, 1.82) is 0 Å². The molecule has 0 N–H and O–H groups in total. The number of carbonyl (C=O) groups excluding carboxylic acids is 1. The van der Waals surface area contributed by atoms with E-state index in [1.807, 2.05) is 17.0 Å². The molecular formula is C13H14BrN5O. The van der Waals surface area contributed by atoms with Crippen molar-refractivity contribution in [2.24, 2.45) is 0 Å². The Morgan fingerprint density at radius 3 is 3.10 bits per heavy atom. The van der Waals surface area contributed by atoms with Crippen LogP contribution >= 0.6 is 15.9 Å². The highest BCUT2D eigenvalue weighted by Crippen LogP contribution is 2.33. The van der Waals surface area contributed by atoms with Crippen LogP contribution in [0.5, 0.6) is 0 Å². The molecule has 0 saturated carbocycles. The van der Waals surface area contributed by atoms with Gasteiger partial charge in [0.2, 0.25) is 5.91 Å². The molecule has 0 spiro atoms. The summed E-state index contributed by atoms with van der Waals surface area (Å²) in [4.78, 5) is 14.3. The Morgan fingerprint density at radius 1 is 1.45 bits per heavy atom. The van der Waals surface area contributed by atoms with Crippen molar-refractivity contribution in [3.63, 3.8) is 0 Å². The zero-order valence-electron chi connectivity index (χ0n) is 10.8. The van der Waals surface area contributed by atoms with E-state index in [-0.39, 0.29) is 18.5 Å². The van der Waals surface area contributed by atoms with Gasteiger partial charge in [0.05, 0.1) is 6.04 Å². The second kappa shape index (κ2) is 5.70. The van der Waals surface area contributed by atoms with E-state index in [9.17, 15) is 4.79 Å². The van der Waals surface area contributed by atoms with E-state index < -0.39 is 0 Å². The fourth-order valence-electron chi connectivity index (χ4n) is 2.61. The third kappa shape index (κ3) is 2.72. The topological polar surface area (TPSA) is 63.9 Å². The molecule has 6 nitrogen and oxygen atoms in total. The van der Waals surface area contributed by atoms with Gasteiger partial charge >= 0.3 is 0 Å². The van der Waals surface area contributed by atoms with Gasteiger partial charge in [0.1, 0.15) is 12.9 Å². The first kappa shape index (κ1) is 13.2. The molecule has 1 aromatic heterocycles. The Labute approximate surface area is 124 Å². The van der Waals surface area contributed by atoms with Gasteiger partial charge in [-0.3, -0.25) is 4.79 Å². The molecular weight excluding hydrogens is 322 g/mol. The lowest BCUT2D eigenvalue weighted by Crippen LogP contribution is -2.33. The van der Waals surface area contributed by atoms with Gasteiger partial charge in [0, 0.05) is 11.0 Å². The van der Waals surface area contributed by atoms with Gasteiger partial charge < -0.3 is 4.90 Å². The molecule has 2 heterocycles. The predicted octanol–water partition coefficient (Wildman–Crippen LogP) is 1.80. The predicted molar refractivity (Wildman–Crippen MR) is 75.6 cm³/mol. The summed E-state index contributed by atoms with van der Waals surface area (Å²) in [7, 11) is 0. The molecule has 1 aromatic carbocycles.